The van der Waals surface area contributed by atoms with Crippen molar-refractivity contribution in [1.82, 2.24) is 19.8 Å². The molecule has 4 atom stereocenters. The molecule has 2 heterocycles. The minimum Gasteiger partial charge on any atom is -0.495 e. The predicted molar refractivity (Wildman–Crippen MR) is 169 cm³/mol. The van der Waals surface area contributed by atoms with E-state index in [9.17, 15) is 36.6 Å². The number of carbonyl (C=O) groups is 1. The number of sulfone groups is 1. The largest absolute Gasteiger partial charge is 0.495 e. The number of anilines is 1. The fourth-order valence-electron chi connectivity index (χ4n) is 6.31. The highest BCUT2D eigenvalue weighted by Crippen LogP contribution is 2.30. The van der Waals surface area contributed by atoms with E-state index in [2.05, 4.69) is 32.4 Å². The Hall–Kier alpha value is -3.84. The zero-order valence-electron chi connectivity index (χ0n) is 26.2. The number of piperidine rings is 1. The van der Waals surface area contributed by atoms with Crippen LogP contribution in [0.4, 0.5) is 18.9 Å². The van der Waals surface area contributed by atoms with E-state index >= 15 is 0 Å². The third-order valence-electron chi connectivity index (χ3n) is 8.76. The van der Waals surface area contributed by atoms with Gasteiger partial charge in [-0.3, -0.25) is 9.69 Å². The number of hydrogen-bond acceptors (Lipinski definition) is 9. The number of methoxy groups -OCH3 is 1. The highest BCUT2D eigenvalue weighted by Gasteiger charge is 2.38. The molecule has 2 unspecified atom stereocenters. The molecule has 1 aliphatic heterocycles. The molecule has 2 aliphatic rings. The first-order valence-electron chi connectivity index (χ1n) is 15.2. The molecule has 254 valence electrons. The Balaban J connectivity index is 1.36. The number of aliphatic hydroxyl groups excluding tert-OH is 2. The van der Waals surface area contributed by atoms with Crippen LogP contribution in [-0.2, 0) is 16.4 Å². The molecule has 1 amide bonds. The average Bonchev–Trinajstić information content (AvgIpc) is 3.55. The van der Waals surface area contributed by atoms with E-state index in [1.54, 1.807) is 0 Å². The molecule has 0 bridgehead atoms. The average molecular weight is 678 g/mol. The Kier molecular flexibility index (Phi) is 10.1. The van der Waals surface area contributed by atoms with Crippen LogP contribution in [0.15, 0.2) is 41.6 Å². The van der Waals surface area contributed by atoms with Crippen molar-refractivity contribution in [1.29, 1.82) is 0 Å². The van der Waals surface area contributed by atoms with Crippen LogP contribution in [0.2, 0.25) is 0 Å². The number of aromatic nitrogens is 2. The molecular weight excluding hydrogens is 639 g/mol. The topological polar surface area (TPSA) is 146 Å². The van der Waals surface area contributed by atoms with Gasteiger partial charge in [0.1, 0.15) is 17.8 Å². The van der Waals surface area contributed by atoms with E-state index < -0.39 is 40.7 Å². The number of fused-ring (bicyclic) bond motifs is 1. The molecule has 4 N–H and O–H groups in total. The lowest BCUT2D eigenvalue weighted by Gasteiger charge is -2.40. The Morgan fingerprint density at radius 2 is 1.89 bits per heavy atom. The maximum atomic E-state index is 13.7. The third kappa shape index (κ3) is 8.18. The minimum absolute atomic E-state index is 0.0353. The van der Waals surface area contributed by atoms with Crippen molar-refractivity contribution < 1.29 is 41.3 Å². The summed E-state index contributed by atoms with van der Waals surface area (Å²) < 4.78 is 70.3. The lowest BCUT2D eigenvalue weighted by atomic mass is 9.92. The number of rotatable bonds is 8. The molecule has 5 rings (SSSR count). The summed E-state index contributed by atoms with van der Waals surface area (Å²) in [4.78, 5) is 20.1. The standard InChI is InChI=1S/C32H38F3N5O6S/c1-19-16-39(21-13-27(41)28(42)14-21)10-8-24(19)38-31(43)23-11-20(12-26-30(23)37-18-40(26)17-32(33,34)35)5-4-9-36-25-15-22(47(3,44)45)6-7-29(25)46-2/h6-7,11-12,15,18-19,21,24,27-28,36,41-42H,8-10,13-14,16-17H2,1-3H3,(H,38,43)/t19-,21?,24-,27?,28?/m0/s1. The van der Waals surface area contributed by atoms with Crippen molar-refractivity contribution in [2.45, 2.75) is 68.1 Å². The number of carbonyl (C=O) groups excluding carboxylic acids is 1. The predicted octanol–water partition coefficient (Wildman–Crippen LogP) is 2.80. The Labute approximate surface area is 271 Å². The summed E-state index contributed by atoms with van der Waals surface area (Å²) in [5, 5.41) is 26.0. The van der Waals surface area contributed by atoms with Gasteiger partial charge in [-0.25, -0.2) is 13.4 Å². The number of nitrogens with one attached hydrogen (secondary N) is 2. The molecule has 11 nitrogen and oxygen atoms in total. The number of likely N-dealkylation sites (tertiary alicyclic amines) is 1. The fraction of sp³-hybridized carbons (Fsp3) is 0.500. The number of ether oxygens (including phenoxy) is 1. The summed E-state index contributed by atoms with van der Waals surface area (Å²) in [6.45, 7) is 2.06. The number of amides is 1. The van der Waals surface area contributed by atoms with Crippen LogP contribution in [0.25, 0.3) is 11.0 Å². The smallest absolute Gasteiger partial charge is 0.406 e. The molecule has 0 radical (unpaired) electrons. The quantitative estimate of drug-likeness (QED) is 0.265. The van der Waals surface area contributed by atoms with Crippen LogP contribution in [-0.4, -0.2) is 102 Å². The first-order chi connectivity index (χ1) is 22.1. The van der Waals surface area contributed by atoms with Crippen molar-refractivity contribution in [3.05, 3.63) is 47.8 Å². The van der Waals surface area contributed by atoms with E-state index in [1.165, 1.54) is 37.4 Å². The molecular formula is C32H38F3N5O6S. The van der Waals surface area contributed by atoms with E-state index in [4.69, 9.17) is 4.74 Å². The first-order valence-corrected chi connectivity index (χ1v) is 17.1. The van der Waals surface area contributed by atoms with E-state index in [1.807, 2.05) is 6.92 Å². The van der Waals surface area contributed by atoms with Crippen LogP contribution in [0.1, 0.15) is 42.1 Å². The van der Waals surface area contributed by atoms with Crippen molar-refractivity contribution in [3.8, 4) is 17.6 Å². The minimum atomic E-state index is -4.52. The summed E-state index contributed by atoms with van der Waals surface area (Å²) in [6, 6.07) is 7.17. The Morgan fingerprint density at radius 3 is 2.53 bits per heavy atom. The SMILES string of the molecule is COc1ccc(S(C)(=O)=O)cc1NCC#Cc1cc(C(=O)N[C@H]2CCN(C3CC(O)C(O)C3)C[C@@H]2C)c2ncn(CC(F)(F)F)c2c1. The number of nitrogens with zero attached hydrogens (tertiary/aromatic N) is 3. The molecule has 1 saturated carbocycles. The van der Waals surface area contributed by atoms with Gasteiger partial charge >= 0.3 is 6.18 Å². The van der Waals surface area contributed by atoms with Crippen molar-refractivity contribution >= 4 is 32.5 Å². The van der Waals surface area contributed by atoms with Crippen molar-refractivity contribution in [2.75, 3.05) is 38.3 Å². The van der Waals surface area contributed by atoms with E-state index in [0.717, 1.165) is 17.2 Å². The summed E-state index contributed by atoms with van der Waals surface area (Å²) in [6.07, 6.45) is -2.25. The van der Waals surface area contributed by atoms with Gasteiger partial charge in [0.25, 0.3) is 5.91 Å². The highest BCUT2D eigenvalue weighted by atomic mass is 32.2. The molecule has 15 heteroatoms. The summed E-state index contributed by atoms with van der Waals surface area (Å²) in [5.41, 5.74) is 1.02. The van der Waals surface area contributed by atoms with Gasteiger partial charge in [-0.15, -0.1) is 0 Å². The number of halogens is 3. The Morgan fingerprint density at radius 1 is 1.17 bits per heavy atom. The first kappa shape index (κ1) is 34.5. The number of hydrogen-bond donors (Lipinski definition) is 4. The van der Waals surface area contributed by atoms with Gasteiger partial charge in [-0.05, 0) is 55.5 Å². The Bertz CT molecular complexity index is 1790. The third-order valence-corrected chi connectivity index (χ3v) is 9.87. The molecule has 2 aromatic carbocycles. The van der Waals surface area contributed by atoms with Gasteiger partial charge in [0.2, 0.25) is 0 Å². The molecule has 1 aliphatic carbocycles. The summed E-state index contributed by atoms with van der Waals surface area (Å²) in [7, 11) is -2.03. The zero-order chi connectivity index (χ0) is 34.1. The molecule has 0 spiro atoms. The van der Waals surface area contributed by atoms with Crippen LogP contribution in [0.3, 0.4) is 0 Å². The molecule has 47 heavy (non-hydrogen) atoms. The van der Waals surface area contributed by atoms with Crippen LogP contribution in [0.5, 0.6) is 5.75 Å². The fourth-order valence-corrected chi connectivity index (χ4v) is 6.95. The van der Waals surface area contributed by atoms with E-state index in [0.29, 0.717) is 49.4 Å². The lowest BCUT2D eigenvalue weighted by Crippen LogP contribution is -2.52. The number of aliphatic hydroxyl groups is 2. The van der Waals surface area contributed by atoms with Crippen molar-refractivity contribution in [2.24, 2.45) is 5.92 Å². The molecule has 2 fully saturated rings. The number of alkyl halides is 3. The van der Waals surface area contributed by atoms with Crippen LogP contribution in [0, 0.1) is 17.8 Å². The van der Waals surface area contributed by atoms with Gasteiger partial charge in [0.05, 0.1) is 53.9 Å². The van der Waals surface area contributed by atoms with Gasteiger partial charge < -0.3 is 30.2 Å². The molecule has 1 aromatic heterocycles. The summed E-state index contributed by atoms with van der Waals surface area (Å²) >= 11 is 0. The van der Waals surface area contributed by atoms with Gasteiger partial charge in [-0.1, -0.05) is 18.8 Å². The monoisotopic (exact) mass is 677 g/mol. The normalized spacial score (nSPS) is 23.7. The maximum absolute atomic E-state index is 13.7. The number of imidazole rings is 1. The van der Waals surface area contributed by atoms with Gasteiger partial charge in [-0.2, -0.15) is 13.2 Å². The lowest BCUT2D eigenvalue weighted by molar-refractivity contribution is -0.139. The van der Waals surface area contributed by atoms with Crippen LogP contribution < -0.4 is 15.4 Å². The second-order valence-electron chi connectivity index (χ2n) is 12.3. The highest BCUT2D eigenvalue weighted by molar-refractivity contribution is 7.90. The van der Waals surface area contributed by atoms with Crippen molar-refractivity contribution in [3.63, 3.8) is 0 Å². The second kappa shape index (κ2) is 13.7. The zero-order valence-corrected chi connectivity index (χ0v) is 27.0. The van der Waals surface area contributed by atoms with E-state index in [-0.39, 0.29) is 46.0 Å². The summed E-state index contributed by atoms with van der Waals surface area (Å²) in [5.74, 6) is 5.74. The van der Waals surface area contributed by atoms with Crippen LogP contribution >= 0.6 is 0 Å². The van der Waals surface area contributed by atoms with Gasteiger partial charge in [0.15, 0.2) is 9.84 Å². The second-order valence-corrected chi connectivity index (χ2v) is 14.3. The van der Waals surface area contributed by atoms with Gasteiger partial charge in [0, 0.05) is 37.0 Å². The maximum Gasteiger partial charge on any atom is 0.406 e. The molecule has 1 saturated heterocycles. The molecule has 3 aromatic rings. The number of benzene rings is 2.